The molecule has 0 saturated carbocycles. The minimum atomic E-state index is 0.0245. The van der Waals surface area contributed by atoms with Crippen LogP contribution in [-0.2, 0) is 4.74 Å². The molecule has 0 aliphatic carbocycles. The number of rotatable bonds is 5. The molecule has 1 aliphatic rings. The summed E-state index contributed by atoms with van der Waals surface area (Å²) in [5.41, 5.74) is 2.99. The molecule has 122 valence electrons. The normalized spacial score (nSPS) is 17.5. The van der Waals surface area contributed by atoms with Gasteiger partial charge in [0.2, 0.25) is 0 Å². The molecule has 0 bridgehead atoms. The summed E-state index contributed by atoms with van der Waals surface area (Å²) in [6.07, 6.45) is 0. The first-order chi connectivity index (χ1) is 10.5. The lowest BCUT2D eigenvalue weighted by Crippen LogP contribution is -2.51. The molecule has 1 heterocycles. The highest BCUT2D eigenvalue weighted by Gasteiger charge is 2.24. The second-order valence-electron chi connectivity index (χ2n) is 6.49. The van der Waals surface area contributed by atoms with Crippen molar-refractivity contribution in [1.82, 2.24) is 10.2 Å². The molecule has 0 radical (unpaired) electrons. The number of hydrogen-bond acceptors (Lipinski definition) is 3. The second kappa shape index (κ2) is 7.75. The molecule has 1 N–H and O–H groups in total. The van der Waals surface area contributed by atoms with E-state index < -0.39 is 0 Å². The van der Waals surface area contributed by atoms with Crippen LogP contribution in [0.5, 0.6) is 0 Å². The van der Waals surface area contributed by atoms with Crippen LogP contribution in [0.2, 0.25) is 0 Å². The zero-order chi connectivity index (χ0) is 16.1. The Bertz CT molecular complexity index is 508. The molecule has 1 amide bonds. The Hall–Kier alpha value is -1.39. The molecule has 1 aromatic rings. The molecule has 1 atom stereocenters. The van der Waals surface area contributed by atoms with Crippen molar-refractivity contribution in [2.75, 3.05) is 32.8 Å². The predicted octanol–water partition coefficient (Wildman–Crippen LogP) is 2.39. The zero-order valence-electron chi connectivity index (χ0n) is 14.2. The van der Waals surface area contributed by atoms with Crippen molar-refractivity contribution in [1.29, 1.82) is 0 Å². The van der Waals surface area contributed by atoms with Gasteiger partial charge < -0.3 is 10.1 Å². The molecule has 1 aromatic carbocycles. The number of aryl methyl sites for hydroxylation is 2. The molecular formula is C18H28N2O2. The van der Waals surface area contributed by atoms with E-state index in [0.29, 0.717) is 18.5 Å². The minimum absolute atomic E-state index is 0.0245. The molecule has 4 heteroatoms. The first kappa shape index (κ1) is 17.0. The number of amides is 1. The lowest BCUT2D eigenvalue weighted by atomic mass is 10.0. The lowest BCUT2D eigenvalue weighted by Gasteiger charge is -2.37. The van der Waals surface area contributed by atoms with Gasteiger partial charge in [-0.15, -0.1) is 0 Å². The average molecular weight is 304 g/mol. The molecule has 2 rings (SSSR count). The summed E-state index contributed by atoms with van der Waals surface area (Å²) in [4.78, 5) is 14.9. The quantitative estimate of drug-likeness (QED) is 0.908. The molecule has 0 spiro atoms. The number of nitrogens with one attached hydrogen (secondary N) is 1. The topological polar surface area (TPSA) is 41.6 Å². The van der Waals surface area contributed by atoms with Crippen LogP contribution in [0.4, 0.5) is 0 Å². The van der Waals surface area contributed by atoms with Gasteiger partial charge in [0.25, 0.3) is 5.91 Å². The number of benzene rings is 1. The van der Waals surface area contributed by atoms with Crippen LogP contribution in [-0.4, -0.2) is 49.7 Å². The van der Waals surface area contributed by atoms with E-state index in [0.717, 1.165) is 37.4 Å². The van der Waals surface area contributed by atoms with Gasteiger partial charge >= 0.3 is 0 Å². The SMILES string of the molecule is Cc1ccc(C(=O)NCC(C(C)C)N2CCOCC2)c(C)c1. The summed E-state index contributed by atoms with van der Waals surface area (Å²) in [5.74, 6) is 0.522. The third kappa shape index (κ3) is 4.31. The Balaban J connectivity index is 1.97. The van der Waals surface area contributed by atoms with Crippen LogP contribution in [0, 0.1) is 19.8 Å². The molecule has 1 unspecified atom stereocenters. The van der Waals surface area contributed by atoms with Gasteiger partial charge in [-0.05, 0) is 31.4 Å². The summed E-state index contributed by atoms with van der Waals surface area (Å²) in [5, 5.41) is 3.12. The van der Waals surface area contributed by atoms with E-state index in [1.54, 1.807) is 0 Å². The summed E-state index contributed by atoms with van der Waals surface area (Å²) in [7, 11) is 0. The largest absolute Gasteiger partial charge is 0.379 e. The summed E-state index contributed by atoms with van der Waals surface area (Å²) >= 11 is 0. The molecule has 1 aliphatic heterocycles. The molecule has 1 fully saturated rings. The maximum atomic E-state index is 12.4. The average Bonchev–Trinajstić information content (AvgIpc) is 2.48. The van der Waals surface area contributed by atoms with Crippen LogP contribution in [0.25, 0.3) is 0 Å². The number of hydrogen-bond donors (Lipinski definition) is 1. The van der Waals surface area contributed by atoms with E-state index in [4.69, 9.17) is 4.74 Å². The van der Waals surface area contributed by atoms with Crippen LogP contribution in [0.3, 0.4) is 0 Å². The maximum Gasteiger partial charge on any atom is 0.251 e. The molecule has 4 nitrogen and oxygen atoms in total. The van der Waals surface area contributed by atoms with Crippen molar-refractivity contribution in [3.8, 4) is 0 Å². The lowest BCUT2D eigenvalue weighted by molar-refractivity contribution is 0.00672. The fraction of sp³-hybridized carbons (Fsp3) is 0.611. The number of nitrogens with zero attached hydrogens (tertiary/aromatic N) is 1. The van der Waals surface area contributed by atoms with Gasteiger partial charge in [-0.3, -0.25) is 9.69 Å². The number of carbonyl (C=O) groups is 1. The third-order valence-electron chi connectivity index (χ3n) is 4.38. The maximum absolute atomic E-state index is 12.4. The fourth-order valence-electron chi connectivity index (χ4n) is 3.06. The number of ether oxygens (including phenoxy) is 1. The number of morpholine rings is 1. The van der Waals surface area contributed by atoms with Gasteiger partial charge in [0, 0.05) is 31.2 Å². The van der Waals surface area contributed by atoms with Crippen molar-refractivity contribution in [2.45, 2.75) is 33.7 Å². The highest BCUT2D eigenvalue weighted by molar-refractivity contribution is 5.95. The van der Waals surface area contributed by atoms with Gasteiger partial charge in [-0.2, -0.15) is 0 Å². The van der Waals surface area contributed by atoms with E-state index in [-0.39, 0.29) is 5.91 Å². The van der Waals surface area contributed by atoms with Gasteiger partial charge in [0.15, 0.2) is 0 Å². The Morgan fingerprint density at radius 2 is 1.95 bits per heavy atom. The van der Waals surface area contributed by atoms with E-state index in [1.165, 1.54) is 5.56 Å². The zero-order valence-corrected chi connectivity index (χ0v) is 14.2. The molecular weight excluding hydrogens is 276 g/mol. The van der Waals surface area contributed by atoms with Crippen molar-refractivity contribution in [2.24, 2.45) is 5.92 Å². The number of carbonyl (C=O) groups excluding carboxylic acids is 1. The van der Waals surface area contributed by atoms with Crippen LogP contribution in [0.15, 0.2) is 18.2 Å². The standard InChI is InChI=1S/C18H28N2O2/c1-13(2)17(20-7-9-22-10-8-20)12-19-18(21)16-6-5-14(3)11-15(16)4/h5-6,11,13,17H,7-10,12H2,1-4H3,(H,19,21). The van der Waals surface area contributed by atoms with Gasteiger partial charge in [0.05, 0.1) is 13.2 Å². The Morgan fingerprint density at radius 3 is 2.55 bits per heavy atom. The van der Waals surface area contributed by atoms with Crippen molar-refractivity contribution >= 4 is 5.91 Å². The second-order valence-corrected chi connectivity index (χ2v) is 6.49. The predicted molar refractivity (Wildman–Crippen MR) is 89.3 cm³/mol. The van der Waals surface area contributed by atoms with E-state index >= 15 is 0 Å². The van der Waals surface area contributed by atoms with Gasteiger partial charge in [0.1, 0.15) is 0 Å². The summed E-state index contributed by atoms with van der Waals surface area (Å²) in [6.45, 7) is 12.6. The van der Waals surface area contributed by atoms with Gasteiger partial charge in [-0.1, -0.05) is 31.5 Å². The van der Waals surface area contributed by atoms with Crippen molar-refractivity contribution < 1.29 is 9.53 Å². The van der Waals surface area contributed by atoms with Crippen molar-refractivity contribution in [3.63, 3.8) is 0 Å². The van der Waals surface area contributed by atoms with Gasteiger partial charge in [-0.25, -0.2) is 0 Å². The van der Waals surface area contributed by atoms with Crippen LogP contribution >= 0.6 is 0 Å². The first-order valence-corrected chi connectivity index (χ1v) is 8.16. The van der Waals surface area contributed by atoms with Crippen LogP contribution in [0.1, 0.15) is 35.3 Å². The highest BCUT2D eigenvalue weighted by Crippen LogP contribution is 2.14. The Labute approximate surface area is 133 Å². The first-order valence-electron chi connectivity index (χ1n) is 8.16. The molecule has 22 heavy (non-hydrogen) atoms. The minimum Gasteiger partial charge on any atom is -0.379 e. The molecule has 0 aromatic heterocycles. The van der Waals surface area contributed by atoms with E-state index in [9.17, 15) is 4.79 Å². The fourth-order valence-corrected chi connectivity index (χ4v) is 3.06. The Kier molecular flexibility index (Phi) is 5.98. The highest BCUT2D eigenvalue weighted by atomic mass is 16.5. The smallest absolute Gasteiger partial charge is 0.251 e. The summed E-state index contributed by atoms with van der Waals surface area (Å²) < 4.78 is 5.42. The monoisotopic (exact) mass is 304 g/mol. The van der Waals surface area contributed by atoms with E-state index in [2.05, 4.69) is 30.1 Å². The third-order valence-corrected chi connectivity index (χ3v) is 4.38. The Morgan fingerprint density at radius 1 is 1.27 bits per heavy atom. The van der Waals surface area contributed by atoms with E-state index in [1.807, 2.05) is 26.0 Å². The summed E-state index contributed by atoms with van der Waals surface area (Å²) in [6, 6.07) is 6.32. The van der Waals surface area contributed by atoms with Crippen LogP contribution < -0.4 is 5.32 Å². The van der Waals surface area contributed by atoms with Crippen molar-refractivity contribution in [3.05, 3.63) is 34.9 Å². The molecule has 1 saturated heterocycles.